The first-order valence-electron chi connectivity index (χ1n) is 27.1. The van der Waals surface area contributed by atoms with Crippen molar-refractivity contribution in [3.63, 3.8) is 0 Å². The van der Waals surface area contributed by atoms with Crippen LogP contribution in [0.2, 0.25) is 20.1 Å². The molecule has 15 nitrogen and oxygen atoms in total. The number of aromatic nitrogens is 6. The van der Waals surface area contributed by atoms with Gasteiger partial charge >= 0.3 is 0 Å². The van der Waals surface area contributed by atoms with E-state index in [2.05, 4.69) is 44.1 Å². The van der Waals surface area contributed by atoms with E-state index in [1.807, 2.05) is 66.7 Å². The standard InChI is InChI=1S/C22H17Cl2N3O2S.2C22H17ClFN3O2S/c1-25-30(28,29)21-5-3-2-4-17(21)15-7-10-19-20(12-15)27-22(26-19)11-8-14-6-9-16(23)13-18(14)24;1-25-30(28,29)20-8-3-2-6-16(20)15-9-11-18-19(13-15)27-21(26-18)12-10-14-5-4-7-17(23)22(14)24;1-25-30(28,29)21-8-3-2-5-15(21)14-9-11-19-20(13-14)27-22(26-19)12-10-16-17(23)6-4-7-18(16)24/h3*2-13,25H,1H3,(H,26,27)/b11-8+;2*12-10+. The molecule has 0 saturated heterocycles. The van der Waals surface area contributed by atoms with Gasteiger partial charge in [0.15, 0.2) is 0 Å². The molecular weight excluding hydrogens is 1290 g/mol. The number of benzene rings is 9. The minimum Gasteiger partial charge on any atom is -0.338 e. The molecule has 3 heterocycles. The number of imidazole rings is 3. The minimum atomic E-state index is -3.61. The van der Waals surface area contributed by atoms with Crippen LogP contribution in [-0.2, 0) is 30.1 Å². The monoisotopic (exact) mass is 1340 g/mol. The molecule has 24 heteroatoms. The molecule has 0 atom stereocenters. The average Bonchev–Trinajstić information content (AvgIpc) is 2.82. The summed E-state index contributed by atoms with van der Waals surface area (Å²) in [5.41, 5.74) is 9.93. The van der Waals surface area contributed by atoms with E-state index in [0.717, 1.165) is 44.3 Å². The normalized spacial score (nSPS) is 12.1. The van der Waals surface area contributed by atoms with Crippen molar-refractivity contribution in [3.8, 4) is 33.4 Å². The van der Waals surface area contributed by atoms with Crippen molar-refractivity contribution in [2.75, 3.05) is 21.1 Å². The van der Waals surface area contributed by atoms with Crippen molar-refractivity contribution in [2.24, 2.45) is 0 Å². The van der Waals surface area contributed by atoms with Crippen LogP contribution in [-0.4, -0.2) is 76.3 Å². The summed E-state index contributed by atoms with van der Waals surface area (Å²) in [6.45, 7) is 0. The average molecular weight is 1340 g/mol. The number of hydrogen-bond donors (Lipinski definition) is 6. The molecule has 0 aliphatic rings. The lowest BCUT2D eigenvalue weighted by Gasteiger charge is -2.09. The number of rotatable bonds is 15. The number of fused-ring (bicyclic) bond motifs is 3. The summed E-state index contributed by atoms with van der Waals surface area (Å²) in [6.07, 6.45) is 10.1. The van der Waals surface area contributed by atoms with Crippen molar-refractivity contribution in [3.05, 3.63) is 248 Å². The zero-order chi connectivity index (χ0) is 63.9. The molecule has 12 rings (SSSR count). The number of nitrogens with one attached hydrogen (secondary N) is 6. The Kier molecular flexibility index (Phi) is 19.7. The second-order valence-corrected chi connectivity index (χ2v) is 26.8. The quantitative estimate of drug-likeness (QED) is 0.0573. The van der Waals surface area contributed by atoms with Crippen LogP contribution in [0.25, 0.3) is 103 Å². The van der Waals surface area contributed by atoms with Crippen LogP contribution in [0.5, 0.6) is 0 Å². The Morgan fingerprint density at radius 2 is 0.778 bits per heavy atom. The third-order valence-electron chi connectivity index (χ3n) is 14.0. The molecule has 0 amide bonds. The molecule has 3 aromatic heterocycles. The predicted octanol–water partition coefficient (Wildman–Crippen LogP) is 15.8. The first kappa shape index (κ1) is 64.3. The first-order valence-corrected chi connectivity index (χ1v) is 33.1. The summed E-state index contributed by atoms with van der Waals surface area (Å²) in [4.78, 5) is 23.7. The Morgan fingerprint density at radius 1 is 0.389 bits per heavy atom. The second-order valence-electron chi connectivity index (χ2n) is 19.6. The Balaban J connectivity index is 0.000000148. The lowest BCUT2D eigenvalue weighted by Crippen LogP contribution is -2.19. The van der Waals surface area contributed by atoms with E-state index in [1.54, 1.807) is 140 Å². The molecule has 0 spiro atoms. The van der Waals surface area contributed by atoms with Crippen LogP contribution < -0.4 is 14.2 Å². The predicted molar refractivity (Wildman–Crippen MR) is 359 cm³/mol. The van der Waals surface area contributed by atoms with Crippen molar-refractivity contribution in [1.29, 1.82) is 0 Å². The Morgan fingerprint density at radius 3 is 1.19 bits per heavy atom. The highest BCUT2D eigenvalue weighted by atomic mass is 35.5. The van der Waals surface area contributed by atoms with Crippen molar-refractivity contribution >= 4 is 146 Å². The Labute approximate surface area is 537 Å². The molecule has 0 bridgehead atoms. The topological polar surface area (TPSA) is 225 Å². The third-order valence-corrected chi connectivity index (χ3v) is 19.6. The molecule has 0 unspecified atom stereocenters. The van der Waals surface area contributed by atoms with Gasteiger partial charge in [-0.25, -0.2) is 63.2 Å². The van der Waals surface area contributed by atoms with Gasteiger partial charge in [-0.1, -0.05) is 143 Å². The van der Waals surface area contributed by atoms with Gasteiger partial charge in [-0.05, 0) is 165 Å². The van der Waals surface area contributed by atoms with Gasteiger partial charge in [-0.3, -0.25) is 0 Å². The number of halogens is 6. The van der Waals surface area contributed by atoms with Crippen LogP contribution in [0.15, 0.2) is 197 Å². The molecule has 0 fully saturated rings. The molecule has 456 valence electrons. The number of nitrogens with zero attached hydrogens (tertiary/aromatic N) is 3. The van der Waals surface area contributed by atoms with Gasteiger partial charge in [0.1, 0.15) is 29.1 Å². The van der Waals surface area contributed by atoms with E-state index < -0.39 is 41.7 Å². The number of sulfonamides is 3. The van der Waals surface area contributed by atoms with E-state index in [9.17, 15) is 34.0 Å². The fourth-order valence-corrected chi connectivity index (χ4v) is 13.2. The fourth-order valence-electron chi connectivity index (χ4n) is 9.43. The van der Waals surface area contributed by atoms with Crippen molar-refractivity contribution in [1.82, 2.24) is 44.1 Å². The molecule has 0 saturated carbocycles. The second kappa shape index (κ2) is 27.6. The summed E-state index contributed by atoms with van der Waals surface area (Å²) < 4.78 is 109. The zero-order valence-corrected chi connectivity index (χ0v) is 53.0. The number of aromatic amines is 3. The van der Waals surface area contributed by atoms with E-state index in [-0.39, 0.29) is 25.3 Å². The summed E-state index contributed by atoms with van der Waals surface area (Å²) in [5, 5.41) is 1.50. The number of H-pyrrole nitrogens is 3. The number of hydrogen-bond acceptors (Lipinski definition) is 9. The maximum atomic E-state index is 14.0. The molecule has 6 N–H and O–H groups in total. The van der Waals surface area contributed by atoms with Gasteiger partial charge < -0.3 is 15.0 Å². The lowest BCUT2D eigenvalue weighted by molar-refractivity contribution is 0.587. The smallest absolute Gasteiger partial charge is 0.240 e. The van der Waals surface area contributed by atoms with Crippen LogP contribution in [0, 0.1) is 11.6 Å². The van der Waals surface area contributed by atoms with Gasteiger partial charge in [-0.15, -0.1) is 0 Å². The van der Waals surface area contributed by atoms with E-state index in [4.69, 9.17) is 46.4 Å². The summed E-state index contributed by atoms with van der Waals surface area (Å²) in [7, 11) is -6.63. The van der Waals surface area contributed by atoms with Crippen LogP contribution in [0.1, 0.15) is 34.2 Å². The summed E-state index contributed by atoms with van der Waals surface area (Å²) >= 11 is 24.0. The van der Waals surface area contributed by atoms with Crippen LogP contribution >= 0.6 is 46.4 Å². The van der Waals surface area contributed by atoms with E-state index in [0.29, 0.717) is 65.8 Å². The highest BCUT2D eigenvalue weighted by molar-refractivity contribution is 7.90. The third kappa shape index (κ3) is 14.7. The molecule has 0 aliphatic heterocycles. The SMILES string of the molecule is CNS(=O)(=O)c1ccccc1-c1ccc2nc(/C=C/c3c(F)cccc3Cl)[nH]c2c1.CNS(=O)(=O)c1ccccc1-c1ccc2nc(/C=C/c3ccc(Cl)cc3Cl)[nH]c2c1.CNS(=O)(=O)c1ccccc1-c1ccc2nc(/C=C/c3cccc(Cl)c3F)[nH]c2c1. The minimum absolute atomic E-state index is 0.0570. The molecule has 0 aliphatic carbocycles. The molecule has 0 radical (unpaired) electrons. The fraction of sp³-hybridized carbons (Fsp3) is 0.0455. The van der Waals surface area contributed by atoms with Gasteiger partial charge in [0.25, 0.3) is 0 Å². The maximum absolute atomic E-state index is 14.0. The van der Waals surface area contributed by atoms with Gasteiger partial charge in [0.05, 0.1) is 57.8 Å². The molecule has 90 heavy (non-hydrogen) atoms. The molecular formula is C66H51Cl4F2N9O6S3. The van der Waals surface area contributed by atoms with Gasteiger partial charge in [-0.2, -0.15) is 0 Å². The molecule has 12 aromatic rings. The lowest BCUT2D eigenvalue weighted by atomic mass is 10.1. The largest absolute Gasteiger partial charge is 0.338 e. The Bertz CT molecular complexity index is 5130. The van der Waals surface area contributed by atoms with Gasteiger partial charge in [0, 0.05) is 37.9 Å². The van der Waals surface area contributed by atoms with Crippen LogP contribution in [0.3, 0.4) is 0 Å². The van der Waals surface area contributed by atoms with Crippen LogP contribution in [0.4, 0.5) is 8.78 Å². The van der Waals surface area contributed by atoms with Crippen molar-refractivity contribution in [2.45, 2.75) is 14.7 Å². The first-order chi connectivity index (χ1) is 43.1. The van der Waals surface area contributed by atoms with Gasteiger partial charge in [0.2, 0.25) is 30.1 Å². The Hall–Kier alpha value is -8.64. The molecule has 9 aromatic carbocycles. The van der Waals surface area contributed by atoms with Crippen molar-refractivity contribution < 1.29 is 34.0 Å². The van der Waals surface area contributed by atoms with E-state index >= 15 is 0 Å². The maximum Gasteiger partial charge on any atom is 0.240 e. The summed E-state index contributed by atoms with van der Waals surface area (Å²) in [6, 6.07) is 51.5. The zero-order valence-electron chi connectivity index (χ0n) is 47.6. The highest BCUT2D eigenvalue weighted by Crippen LogP contribution is 2.34. The summed E-state index contributed by atoms with van der Waals surface area (Å²) in [5.74, 6) is 0.815. The highest BCUT2D eigenvalue weighted by Gasteiger charge is 2.21. The van der Waals surface area contributed by atoms with E-state index in [1.165, 1.54) is 33.3 Å².